The van der Waals surface area contributed by atoms with E-state index in [1.165, 1.54) is 0 Å². The topological polar surface area (TPSA) is 117 Å². The van der Waals surface area contributed by atoms with Crippen LogP contribution >= 0.6 is 0 Å². The van der Waals surface area contributed by atoms with Gasteiger partial charge in [-0.05, 0) is 52.1 Å². The summed E-state index contributed by atoms with van der Waals surface area (Å²) in [5, 5.41) is 14.6. The number of nitrogens with one attached hydrogen (secondary N) is 1. The molecule has 2 aromatic carbocycles. The molecular weight excluding hydrogens is 528 g/mol. The number of aromatic nitrogens is 8. The molecule has 0 amide bonds. The first-order valence-electron chi connectivity index (χ1n) is 14.0. The summed E-state index contributed by atoms with van der Waals surface area (Å²) < 4.78 is 13.6. The number of aryl methyl sites for hydroxylation is 1. The third kappa shape index (κ3) is 5.41. The number of hydrogen-bond donors (Lipinski definition) is 1. The average Bonchev–Trinajstić information content (AvgIpc) is 3.70. The molecule has 6 aromatic rings. The third-order valence-electron chi connectivity index (χ3n) is 7.34. The summed E-state index contributed by atoms with van der Waals surface area (Å²) in [6.07, 6.45) is 5.90. The van der Waals surface area contributed by atoms with E-state index in [-0.39, 0.29) is 0 Å². The molecule has 0 aliphatic carbocycles. The number of benzene rings is 2. The number of imidazole rings is 1. The molecule has 0 aliphatic heterocycles. The highest BCUT2D eigenvalue weighted by Gasteiger charge is 2.22. The van der Waals surface area contributed by atoms with Gasteiger partial charge in [0.1, 0.15) is 17.0 Å². The summed E-state index contributed by atoms with van der Waals surface area (Å²) in [5.74, 6) is 1.58. The highest BCUT2D eigenvalue weighted by Crippen LogP contribution is 2.33. The zero-order valence-corrected chi connectivity index (χ0v) is 23.9. The fourth-order valence-electron chi connectivity index (χ4n) is 5.24. The molecule has 6 rings (SSSR count). The minimum atomic E-state index is -0.626. The van der Waals surface area contributed by atoms with Gasteiger partial charge in [-0.15, -0.1) is 10.2 Å². The minimum Gasteiger partial charge on any atom is -0.350 e. The monoisotopic (exact) mass is 560 g/mol. The molecule has 0 atom stereocenters. The zero-order valence-electron chi connectivity index (χ0n) is 23.9. The molecule has 10 nitrogen and oxygen atoms in total. The number of rotatable bonds is 11. The highest BCUT2D eigenvalue weighted by atomic mass is 16.7. The lowest BCUT2D eigenvalue weighted by Crippen LogP contribution is -2.11. The third-order valence-corrected chi connectivity index (χ3v) is 7.34. The van der Waals surface area contributed by atoms with E-state index >= 15 is 0 Å². The van der Waals surface area contributed by atoms with Crippen LogP contribution in [0.15, 0.2) is 79.1 Å². The van der Waals surface area contributed by atoms with Crippen molar-refractivity contribution in [3.8, 4) is 33.6 Å². The SMILES string of the molecule is CCCCc1nc2cc(-c3ccncc3)c(C(OC)OC)nc2n1Cc1ccc(-c2ccccc2-c2nn[nH]n2)cc1. The van der Waals surface area contributed by atoms with Crippen molar-refractivity contribution in [2.45, 2.75) is 39.0 Å². The van der Waals surface area contributed by atoms with Gasteiger partial charge in [-0.3, -0.25) is 4.98 Å². The molecule has 0 fully saturated rings. The van der Waals surface area contributed by atoms with E-state index in [9.17, 15) is 0 Å². The van der Waals surface area contributed by atoms with E-state index in [4.69, 9.17) is 19.4 Å². The summed E-state index contributed by atoms with van der Waals surface area (Å²) in [6, 6.07) is 22.6. The Labute approximate surface area is 243 Å². The molecule has 0 saturated heterocycles. The first kappa shape index (κ1) is 27.4. The van der Waals surface area contributed by atoms with Gasteiger partial charge in [0.15, 0.2) is 5.65 Å². The lowest BCUT2D eigenvalue weighted by Gasteiger charge is -2.17. The predicted molar refractivity (Wildman–Crippen MR) is 160 cm³/mol. The van der Waals surface area contributed by atoms with Crippen LogP contribution in [0.1, 0.15) is 43.1 Å². The summed E-state index contributed by atoms with van der Waals surface area (Å²) in [4.78, 5) is 14.4. The normalized spacial score (nSPS) is 11.5. The number of nitrogens with zero attached hydrogens (tertiary/aromatic N) is 7. The number of methoxy groups -OCH3 is 2. The van der Waals surface area contributed by atoms with Gasteiger partial charge in [-0.1, -0.05) is 61.9 Å². The Morgan fingerprint density at radius 1 is 0.857 bits per heavy atom. The Morgan fingerprint density at radius 2 is 1.60 bits per heavy atom. The Hall–Kier alpha value is -4.80. The van der Waals surface area contributed by atoms with Crippen molar-refractivity contribution in [1.82, 2.24) is 40.1 Å². The first-order valence-corrected chi connectivity index (χ1v) is 14.0. The molecule has 212 valence electrons. The minimum absolute atomic E-state index is 0.568. The summed E-state index contributed by atoms with van der Waals surface area (Å²) >= 11 is 0. The molecule has 0 unspecified atom stereocenters. The van der Waals surface area contributed by atoms with Crippen LogP contribution in [0.4, 0.5) is 0 Å². The van der Waals surface area contributed by atoms with E-state index in [0.29, 0.717) is 18.1 Å². The Bertz CT molecular complexity index is 1760. The van der Waals surface area contributed by atoms with Crippen LogP contribution in [0.3, 0.4) is 0 Å². The standard InChI is InChI=1S/C32H32N8O2/c1-4-5-10-28-34-27-19-26(23-15-17-33-18-16-23)29(32(41-2)42-3)35-31(27)40(28)20-21-11-13-22(14-12-21)24-8-6-7-9-25(24)30-36-38-39-37-30/h6-9,11-19,32H,4-5,10,20H2,1-3H3,(H,36,37,38,39). The molecule has 0 bridgehead atoms. The zero-order chi connectivity index (χ0) is 28.9. The highest BCUT2D eigenvalue weighted by molar-refractivity contribution is 5.82. The number of fused-ring (bicyclic) bond motifs is 1. The maximum absolute atomic E-state index is 5.67. The van der Waals surface area contributed by atoms with Gasteiger partial charge in [0.25, 0.3) is 0 Å². The molecule has 0 radical (unpaired) electrons. The Balaban J connectivity index is 1.41. The quantitative estimate of drug-likeness (QED) is 0.191. The maximum atomic E-state index is 5.67. The number of aromatic amines is 1. The van der Waals surface area contributed by atoms with Crippen LogP contribution < -0.4 is 0 Å². The molecular formula is C32H32N8O2. The van der Waals surface area contributed by atoms with Crippen LogP contribution in [0.5, 0.6) is 0 Å². The van der Waals surface area contributed by atoms with Crippen molar-refractivity contribution in [2.75, 3.05) is 14.2 Å². The Kier molecular flexibility index (Phi) is 8.07. The van der Waals surface area contributed by atoms with Crippen LogP contribution in [0.2, 0.25) is 0 Å². The molecule has 4 aromatic heterocycles. The smallest absolute Gasteiger partial charge is 0.205 e. The van der Waals surface area contributed by atoms with E-state index < -0.39 is 6.29 Å². The van der Waals surface area contributed by atoms with Gasteiger partial charge in [-0.25, -0.2) is 9.97 Å². The van der Waals surface area contributed by atoms with Gasteiger partial charge in [0, 0.05) is 44.2 Å². The molecule has 1 N–H and O–H groups in total. The second-order valence-corrected chi connectivity index (χ2v) is 10.00. The van der Waals surface area contributed by atoms with Crippen LogP contribution in [0, 0.1) is 0 Å². The molecule has 0 saturated carbocycles. The summed E-state index contributed by atoms with van der Waals surface area (Å²) in [5.41, 5.74) is 8.43. The number of ether oxygens (including phenoxy) is 2. The first-order chi connectivity index (χ1) is 20.7. The van der Waals surface area contributed by atoms with Crippen LogP contribution in [0.25, 0.3) is 44.8 Å². The molecule has 0 aliphatic rings. The van der Waals surface area contributed by atoms with Crippen molar-refractivity contribution >= 4 is 11.2 Å². The second kappa shape index (κ2) is 12.4. The number of pyridine rings is 2. The van der Waals surface area contributed by atoms with Gasteiger partial charge < -0.3 is 14.0 Å². The summed E-state index contributed by atoms with van der Waals surface area (Å²) in [7, 11) is 3.25. The fourth-order valence-corrected chi connectivity index (χ4v) is 5.24. The number of tetrazole rings is 1. The number of hydrogen-bond acceptors (Lipinski definition) is 8. The fraction of sp³-hybridized carbons (Fsp3) is 0.250. The van der Waals surface area contributed by atoms with Crippen LogP contribution in [-0.4, -0.2) is 54.4 Å². The van der Waals surface area contributed by atoms with E-state index in [1.54, 1.807) is 26.6 Å². The van der Waals surface area contributed by atoms with Crippen molar-refractivity contribution in [3.05, 3.63) is 96.2 Å². The molecule has 4 heterocycles. The average molecular weight is 561 g/mol. The van der Waals surface area contributed by atoms with Crippen molar-refractivity contribution < 1.29 is 9.47 Å². The maximum Gasteiger partial charge on any atom is 0.205 e. The number of H-pyrrole nitrogens is 1. The van der Waals surface area contributed by atoms with E-state index in [2.05, 4.69) is 73.5 Å². The molecule has 42 heavy (non-hydrogen) atoms. The molecule has 10 heteroatoms. The second-order valence-electron chi connectivity index (χ2n) is 10.00. The van der Waals surface area contributed by atoms with Crippen LogP contribution in [-0.2, 0) is 22.4 Å². The van der Waals surface area contributed by atoms with Gasteiger partial charge >= 0.3 is 0 Å². The van der Waals surface area contributed by atoms with E-state index in [1.807, 2.05) is 30.3 Å². The van der Waals surface area contributed by atoms with Gasteiger partial charge in [0.05, 0.1) is 6.54 Å². The van der Waals surface area contributed by atoms with Crippen molar-refractivity contribution in [3.63, 3.8) is 0 Å². The molecule has 0 spiro atoms. The Morgan fingerprint density at radius 3 is 2.29 bits per heavy atom. The van der Waals surface area contributed by atoms with Crippen molar-refractivity contribution in [2.24, 2.45) is 0 Å². The van der Waals surface area contributed by atoms with Gasteiger partial charge in [0.2, 0.25) is 12.1 Å². The number of unbranched alkanes of at least 4 members (excludes halogenated alkanes) is 1. The lowest BCUT2D eigenvalue weighted by atomic mass is 9.98. The lowest BCUT2D eigenvalue weighted by molar-refractivity contribution is -0.108. The summed E-state index contributed by atoms with van der Waals surface area (Å²) in [6.45, 7) is 2.83. The van der Waals surface area contributed by atoms with E-state index in [0.717, 1.165) is 69.6 Å². The van der Waals surface area contributed by atoms with Gasteiger partial charge in [-0.2, -0.15) is 5.21 Å². The van der Waals surface area contributed by atoms with Crippen molar-refractivity contribution in [1.29, 1.82) is 0 Å². The largest absolute Gasteiger partial charge is 0.350 e. The predicted octanol–water partition coefficient (Wildman–Crippen LogP) is 6.02.